The molecule has 0 aliphatic carbocycles. The van der Waals surface area contributed by atoms with Crippen LogP contribution in [0.5, 0.6) is 0 Å². The minimum atomic E-state index is -1.09. The number of nitrogens with zero attached hydrogens (tertiary/aromatic N) is 3. The Balaban J connectivity index is 0.00000500. The van der Waals surface area contributed by atoms with Gasteiger partial charge in [-0.25, -0.2) is 9.78 Å². The van der Waals surface area contributed by atoms with E-state index >= 15 is 0 Å². The van der Waals surface area contributed by atoms with Crippen LogP contribution in [0.1, 0.15) is 109 Å². The van der Waals surface area contributed by atoms with Gasteiger partial charge in [0, 0.05) is 80.9 Å². The zero-order chi connectivity index (χ0) is 33.4. The quantitative estimate of drug-likeness (QED) is 0.181. The van der Waals surface area contributed by atoms with E-state index in [4.69, 9.17) is 9.97 Å². The Kier molecular flexibility index (Phi) is 11.2. The number of aryl methyl sites for hydroxylation is 3. The minimum absolute atomic E-state index is 0. The molecule has 2 atom stereocenters. The molecule has 3 aromatic rings. The number of aliphatic hydroxyl groups excluding tert-OH is 1. The Morgan fingerprint density at radius 2 is 1.60 bits per heavy atom. The van der Waals surface area contributed by atoms with E-state index in [0.717, 1.165) is 69.3 Å². The van der Waals surface area contributed by atoms with Crippen molar-refractivity contribution >= 4 is 45.1 Å². The van der Waals surface area contributed by atoms with Gasteiger partial charge in [0.2, 0.25) is 5.91 Å². The number of carboxylic acid groups (broad SMARTS) is 1. The molecule has 10 heteroatoms. The van der Waals surface area contributed by atoms with Gasteiger partial charge >= 0.3 is 5.97 Å². The number of hydrogen-bond donors (Lipinski definition) is 4. The topological polar surface area (TPSA) is 135 Å². The third kappa shape index (κ3) is 6.55. The predicted molar refractivity (Wildman–Crippen MR) is 183 cm³/mol. The van der Waals surface area contributed by atoms with E-state index in [2.05, 4.69) is 44.6 Å². The summed E-state index contributed by atoms with van der Waals surface area (Å²) in [5.41, 5.74) is 10.8. The summed E-state index contributed by atoms with van der Waals surface area (Å²) in [7, 11) is 1.79. The van der Waals surface area contributed by atoms with Crippen LogP contribution >= 0.6 is 0 Å². The van der Waals surface area contributed by atoms with E-state index in [0.29, 0.717) is 41.2 Å². The monoisotopic (exact) mass is 683 g/mol. The van der Waals surface area contributed by atoms with Crippen LogP contribution in [-0.4, -0.2) is 60.5 Å². The van der Waals surface area contributed by atoms with Gasteiger partial charge < -0.3 is 32.0 Å². The molecule has 0 spiro atoms. The summed E-state index contributed by atoms with van der Waals surface area (Å²) in [5, 5.41) is 20.9. The van der Waals surface area contributed by atoms with Gasteiger partial charge in [-0.3, -0.25) is 9.78 Å². The molecule has 2 aliphatic rings. The molecule has 0 saturated heterocycles. The second-order valence-electron chi connectivity index (χ2n) is 12.6. The molecule has 4 N–H and O–H groups in total. The number of likely N-dealkylation sites (N-methyl/N-ethyl adjacent to an activating group) is 1. The summed E-state index contributed by atoms with van der Waals surface area (Å²) in [4.78, 5) is 45.5. The SMILES string of the molecule is [CH2-]C[C@@H]1c2nc(cc3[nH]c(cc4[nH]c(cc5nc(c2CC(=O)N(C)CCCC)C(C(=O)O)=C5C)c(CC)c4C)c(CO)c3C)[C@H]1C.[Co]. The summed E-state index contributed by atoms with van der Waals surface area (Å²) < 4.78 is 0. The number of nitrogens with one attached hydrogen (secondary N) is 2. The van der Waals surface area contributed by atoms with Gasteiger partial charge in [-0.15, -0.1) is 0 Å². The number of fused-ring (bicyclic) bond motifs is 8. The van der Waals surface area contributed by atoms with Gasteiger partial charge in [0.15, 0.2) is 0 Å². The predicted octanol–water partition coefficient (Wildman–Crippen LogP) is 6.91. The second kappa shape index (κ2) is 14.6. The molecule has 3 aromatic heterocycles. The molecule has 47 heavy (non-hydrogen) atoms. The first-order valence-corrected chi connectivity index (χ1v) is 16.3. The fourth-order valence-corrected chi connectivity index (χ4v) is 6.88. The fourth-order valence-electron chi connectivity index (χ4n) is 6.88. The summed E-state index contributed by atoms with van der Waals surface area (Å²) in [6, 6.07) is 5.95. The molecule has 5 rings (SSSR count). The number of allylic oxidation sites excluding steroid dienone is 1. The van der Waals surface area contributed by atoms with E-state index < -0.39 is 5.97 Å². The van der Waals surface area contributed by atoms with Crippen molar-refractivity contribution in [2.24, 2.45) is 0 Å². The third-order valence-electron chi connectivity index (χ3n) is 9.90. The molecule has 5 heterocycles. The number of aromatic amines is 2. The Morgan fingerprint density at radius 3 is 2.19 bits per heavy atom. The van der Waals surface area contributed by atoms with E-state index in [1.165, 1.54) is 0 Å². The normalized spacial score (nSPS) is 15.9. The minimum Gasteiger partial charge on any atom is -0.478 e. The average Bonchev–Trinajstić information content (AvgIpc) is 3.71. The molecule has 8 bridgehead atoms. The van der Waals surface area contributed by atoms with Crippen molar-refractivity contribution in [3.8, 4) is 0 Å². The third-order valence-corrected chi connectivity index (χ3v) is 9.90. The molecule has 0 aromatic carbocycles. The average molecular weight is 684 g/mol. The van der Waals surface area contributed by atoms with Crippen LogP contribution in [-0.2, 0) is 45.8 Å². The molecule has 2 aliphatic heterocycles. The number of carbonyl (C=O) groups is 2. The van der Waals surface area contributed by atoms with Crippen LogP contribution < -0.4 is 0 Å². The maximum Gasteiger partial charge on any atom is 0.338 e. The fraction of sp³-hybridized carbons (Fsp3) is 0.432. The van der Waals surface area contributed by atoms with Crippen molar-refractivity contribution in [3.63, 3.8) is 0 Å². The summed E-state index contributed by atoms with van der Waals surface area (Å²) in [6.07, 6.45) is 3.07. The van der Waals surface area contributed by atoms with Gasteiger partial charge in [-0.1, -0.05) is 27.2 Å². The number of rotatable bonds is 9. The molecular formula is C37H46CoN5O4-. The van der Waals surface area contributed by atoms with E-state index in [1.54, 1.807) is 18.9 Å². The van der Waals surface area contributed by atoms with Gasteiger partial charge in [-0.05, 0) is 80.0 Å². The van der Waals surface area contributed by atoms with Gasteiger partial charge in [0.1, 0.15) is 0 Å². The molecule has 9 nitrogen and oxygen atoms in total. The Bertz CT molecular complexity index is 1900. The Hall–Kier alpha value is -3.73. The molecule has 0 fully saturated rings. The maximum absolute atomic E-state index is 13.7. The number of hydrogen-bond acceptors (Lipinski definition) is 5. The number of amides is 1. The first-order valence-electron chi connectivity index (χ1n) is 16.3. The first-order chi connectivity index (χ1) is 21.9. The van der Waals surface area contributed by atoms with Crippen molar-refractivity contribution < 1.29 is 36.6 Å². The first kappa shape index (κ1) is 36.1. The number of carbonyl (C=O) groups excluding carboxylic acids is 1. The number of carboxylic acids is 1. The zero-order valence-electron chi connectivity index (χ0n) is 28.4. The molecular weight excluding hydrogens is 637 g/mol. The van der Waals surface area contributed by atoms with E-state index in [9.17, 15) is 19.8 Å². The van der Waals surface area contributed by atoms with E-state index in [-0.39, 0.29) is 53.1 Å². The van der Waals surface area contributed by atoms with Gasteiger partial charge in [0.05, 0.1) is 30.0 Å². The maximum atomic E-state index is 13.7. The van der Waals surface area contributed by atoms with Gasteiger partial charge in [-0.2, -0.15) is 6.42 Å². The molecule has 253 valence electrons. The van der Waals surface area contributed by atoms with E-state index in [1.807, 2.05) is 25.1 Å². The van der Waals surface area contributed by atoms with Crippen LogP contribution in [0.25, 0.3) is 33.2 Å². The Morgan fingerprint density at radius 1 is 0.957 bits per heavy atom. The smallest absolute Gasteiger partial charge is 0.338 e. The van der Waals surface area contributed by atoms with Crippen molar-refractivity contribution in [3.05, 3.63) is 75.7 Å². The second-order valence-corrected chi connectivity index (χ2v) is 12.6. The molecule has 1 amide bonds. The number of H-pyrrole nitrogens is 2. The number of aromatic nitrogens is 4. The summed E-state index contributed by atoms with van der Waals surface area (Å²) in [6.45, 7) is 16.8. The largest absolute Gasteiger partial charge is 0.478 e. The van der Waals surface area contributed by atoms with Crippen molar-refractivity contribution in [2.45, 2.75) is 92.1 Å². The number of aliphatic carboxylic acids is 1. The van der Waals surface area contributed by atoms with Crippen molar-refractivity contribution in [2.75, 3.05) is 13.6 Å². The standard InChI is InChI=1S/C37H46N5O4.Co/c1-9-12-13-42(8)33(44)14-25-35-24(11-3)20(5)29(40-35)15-27-21(6)26(18-43)32(39-27)16-28-19(4)23(10-2)31(38-28)17-30-22(7)34(37(45)46)36(25)41-30;/h15-17,20,24,38-39,43H,3,9-14,18H2,1-2,4-8H3,(H,45,46);/q-1;/t20-,24-;/m0./s1. The molecule has 0 unspecified atom stereocenters. The van der Waals surface area contributed by atoms with Crippen LogP contribution in [0.15, 0.2) is 18.2 Å². The molecule has 1 radical (unpaired) electrons. The van der Waals surface area contributed by atoms with Crippen molar-refractivity contribution in [1.29, 1.82) is 0 Å². The summed E-state index contributed by atoms with van der Waals surface area (Å²) >= 11 is 0. The zero-order valence-corrected chi connectivity index (χ0v) is 29.5. The van der Waals surface area contributed by atoms with Crippen LogP contribution in [0.4, 0.5) is 0 Å². The molecule has 0 saturated carbocycles. The summed E-state index contributed by atoms with van der Waals surface area (Å²) in [5.74, 6) is -1.39. The van der Waals surface area contributed by atoms with Gasteiger partial charge in [0.25, 0.3) is 0 Å². The van der Waals surface area contributed by atoms with Crippen molar-refractivity contribution in [1.82, 2.24) is 24.8 Å². The number of unbranched alkanes of at least 4 members (excludes halogenated alkanes) is 1. The Labute approximate surface area is 287 Å². The van der Waals surface area contributed by atoms with Crippen LogP contribution in [0, 0.1) is 20.8 Å². The van der Waals surface area contributed by atoms with Crippen LogP contribution in [0.3, 0.4) is 0 Å². The van der Waals surface area contributed by atoms with Crippen LogP contribution in [0.2, 0.25) is 0 Å². The number of aliphatic hydroxyl groups is 1.